The fraction of sp³-hybridized carbons (Fsp3) is 0.0526. The highest BCUT2D eigenvalue weighted by molar-refractivity contribution is 9.10. The van der Waals surface area contributed by atoms with Crippen LogP contribution in [0.3, 0.4) is 0 Å². The van der Waals surface area contributed by atoms with Gasteiger partial charge in [-0.2, -0.15) is 0 Å². The Labute approximate surface area is 179 Å². The maximum Gasteiger partial charge on any atom is 0.349 e. The van der Waals surface area contributed by atoms with E-state index in [1.807, 2.05) is 0 Å². The third kappa shape index (κ3) is 4.84. The minimum atomic E-state index is -4.12. The van der Waals surface area contributed by atoms with Crippen LogP contribution < -0.4 is 10.0 Å². The fourth-order valence-corrected chi connectivity index (χ4v) is 5.13. The van der Waals surface area contributed by atoms with Gasteiger partial charge in [0.2, 0.25) is 0 Å². The molecule has 0 saturated carbocycles. The fourth-order valence-electron chi connectivity index (χ4n) is 2.45. The molecule has 0 aliphatic carbocycles. The van der Waals surface area contributed by atoms with Gasteiger partial charge in [0.05, 0.1) is 18.4 Å². The van der Waals surface area contributed by atoms with E-state index in [0.717, 1.165) is 15.8 Å². The summed E-state index contributed by atoms with van der Waals surface area (Å²) in [5.74, 6) is -1.23. The average molecular weight is 495 g/mol. The molecule has 0 aliphatic heterocycles. The van der Waals surface area contributed by atoms with Crippen molar-refractivity contribution in [1.82, 2.24) is 0 Å². The van der Waals surface area contributed by atoms with Gasteiger partial charge in [-0.05, 0) is 47.8 Å². The topological polar surface area (TPSA) is 102 Å². The first-order valence-corrected chi connectivity index (χ1v) is 11.3. The van der Waals surface area contributed by atoms with E-state index in [2.05, 4.69) is 30.7 Å². The number of hydrogen-bond acceptors (Lipinski definition) is 6. The lowest BCUT2D eigenvalue weighted by atomic mass is 10.1. The van der Waals surface area contributed by atoms with Gasteiger partial charge in [-0.3, -0.25) is 9.52 Å². The van der Waals surface area contributed by atoms with Crippen molar-refractivity contribution in [2.24, 2.45) is 0 Å². The van der Waals surface area contributed by atoms with Gasteiger partial charge >= 0.3 is 5.97 Å². The molecule has 0 unspecified atom stereocenters. The van der Waals surface area contributed by atoms with Crippen molar-refractivity contribution in [2.75, 3.05) is 17.1 Å². The lowest BCUT2D eigenvalue weighted by Gasteiger charge is -2.13. The second-order valence-electron chi connectivity index (χ2n) is 5.72. The number of para-hydroxylation sites is 1. The predicted octanol–water partition coefficient (Wildman–Crippen LogP) is 4.35. The van der Waals surface area contributed by atoms with Crippen LogP contribution in [-0.4, -0.2) is 27.4 Å². The number of halogens is 1. The molecule has 10 heteroatoms. The van der Waals surface area contributed by atoms with E-state index in [0.29, 0.717) is 5.69 Å². The summed E-state index contributed by atoms with van der Waals surface area (Å²) in [7, 11) is -2.94. The van der Waals surface area contributed by atoms with Crippen LogP contribution >= 0.6 is 27.3 Å². The third-order valence-corrected chi connectivity index (χ3v) is 6.77. The molecule has 0 atom stereocenters. The van der Waals surface area contributed by atoms with E-state index < -0.39 is 21.9 Å². The lowest BCUT2D eigenvalue weighted by molar-refractivity contribution is 0.0602. The number of thiophene rings is 1. The molecule has 3 aromatic rings. The van der Waals surface area contributed by atoms with Gasteiger partial charge in [-0.15, -0.1) is 11.3 Å². The van der Waals surface area contributed by atoms with E-state index in [-0.39, 0.29) is 21.0 Å². The van der Waals surface area contributed by atoms with E-state index in [1.54, 1.807) is 36.4 Å². The SMILES string of the molecule is COC(=O)c1sccc1S(=O)(=O)Nc1ccccc1C(=O)Nc1ccc(Br)cc1. The van der Waals surface area contributed by atoms with Crippen molar-refractivity contribution in [3.8, 4) is 0 Å². The van der Waals surface area contributed by atoms with Crippen LogP contribution in [0.2, 0.25) is 0 Å². The molecule has 1 amide bonds. The summed E-state index contributed by atoms with van der Waals surface area (Å²) in [6.45, 7) is 0. The number of sulfonamides is 1. The number of carbonyl (C=O) groups excluding carboxylic acids is 2. The van der Waals surface area contributed by atoms with Crippen molar-refractivity contribution in [2.45, 2.75) is 4.90 Å². The molecule has 0 aliphatic rings. The van der Waals surface area contributed by atoms with Crippen molar-refractivity contribution >= 4 is 60.5 Å². The number of rotatable bonds is 6. The quantitative estimate of drug-likeness (QED) is 0.496. The Kier molecular flexibility index (Phi) is 6.36. The van der Waals surface area contributed by atoms with Crippen molar-refractivity contribution < 1.29 is 22.7 Å². The Balaban J connectivity index is 1.89. The number of benzene rings is 2. The first-order valence-electron chi connectivity index (χ1n) is 8.16. The lowest BCUT2D eigenvalue weighted by Crippen LogP contribution is -2.19. The van der Waals surface area contributed by atoms with Gasteiger partial charge in [-0.25, -0.2) is 13.2 Å². The third-order valence-electron chi connectivity index (χ3n) is 3.81. The van der Waals surface area contributed by atoms with Gasteiger partial charge in [0.15, 0.2) is 0 Å². The molecule has 2 N–H and O–H groups in total. The molecule has 0 spiro atoms. The Morgan fingerprint density at radius 3 is 2.41 bits per heavy atom. The molecule has 1 heterocycles. The summed E-state index contributed by atoms with van der Waals surface area (Å²) in [6, 6.07) is 14.5. The van der Waals surface area contributed by atoms with Gasteiger partial charge in [0.25, 0.3) is 15.9 Å². The minimum absolute atomic E-state index is 0.0446. The second kappa shape index (κ2) is 8.76. The minimum Gasteiger partial charge on any atom is -0.465 e. The Bertz CT molecular complexity index is 1160. The molecule has 29 heavy (non-hydrogen) atoms. The number of amides is 1. The van der Waals surface area contributed by atoms with E-state index in [1.165, 1.54) is 30.7 Å². The monoisotopic (exact) mass is 494 g/mol. The highest BCUT2D eigenvalue weighted by atomic mass is 79.9. The largest absolute Gasteiger partial charge is 0.465 e. The normalized spacial score (nSPS) is 11.0. The molecule has 150 valence electrons. The Morgan fingerprint density at radius 1 is 1.03 bits per heavy atom. The van der Waals surface area contributed by atoms with Crippen LogP contribution in [0.5, 0.6) is 0 Å². The summed E-state index contributed by atoms with van der Waals surface area (Å²) in [5.41, 5.74) is 0.777. The molecular formula is C19H15BrN2O5S2. The maximum atomic E-state index is 12.8. The zero-order valence-corrected chi connectivity index (χ0v) is 18.2. The summed E-state index contributed by atoms with van der Waals surface area (Å²) in [6.07, 6.45) is 0. The molecular weight excluding hydrogens is 480 g/mol. The number of carbonyl (C=O) groups is 2. The number of hydrogen-bond donors (Lipinski definition) is 2. The van der Waals surface area contributed by atoms with E-state index in [4.69, 9.17) is 0 Å². The molecule has 0 fully saturated rings. The smallest absolute Gasteiger partial charge is 0.349 e. The van der Waals surface area contributed by atoms with Crippen molar-refractivity contribution in [3.63, 3.8) is 0 Å². The Morgan fingerprint density at radius 2 is 1.72 bits per heavy atom. The zero-order chi connectivity index (χ0) is 21.0. The first kappa shape index (κ1) is 21.0. The van der Waals surface area contributed by atoms with Gasteiger partial charge < -0.3 is 10.1 Å². The van der Waals surface area contributed by atoms with Crippen LogP contribution in [0.15, 0.2) is 69.3 Å². The number of methoxy groups -OCH3 is 1. The van der Waals surface area contributed by atoms with Gasteiger partial charge in [0.1, 0.15) is 9.77 Å². The molecule has 7 nitrogen and oxygen atoms in total. The summed E-state index contributed by atoms with van der Waals surface area (Å²) >= 11 is 4.28. The van der Waals surface area contributed by atoms with Crippen LogP contribution in [-0.2, 0) is 14.8 Å². The highest BCUT2D eigenvalue weighted by Crippen LogP contribution is 2.27. The number of esters is 1. The molecule has 1 aromatic heterocycles. The molecule has 3 rings (SSSR count). The Hall–Kier alpha value is -2.69. The number of anilines is 2. The zero-order valence-electron chi connectivity index (χ0n) is 15.0. The average Bonchev–Trinajstić information content (AvgIpc) is 3.20. The summed E-state index contributed by atoms with van der Waals surface area (Å²) < 4.78 is 33.5. The standard InChI is InChI=1S/C19H15BrN2O5S2/c1-27-19(24)17-16(10-11-28-17)29(25,26)22-15-5-3-2-4-14(15)18(23)21-13-8-6-12(20)7-9-13/h2-11,22H,1H3,(H,21,23). The van der Waals surface area contributed by atoms with Gasteiger partial charge in [-0.1, -0.05) is 28.1 Å². The van der Waals surface area contributed by atoms with Crippen LogP contribution in [0.25, 0.3) is 0 Å². The molecule has 0 saturated heterocycles. The predicted molar refractivity (Wildman–Crippen MR) is 115 cm³/mol. The summed E-state index contributed by atoms with van der Waals surface area (Å²) in [5, 5.41) is 4.20. The highest BCUT2D eigenvalue weighted by Gasteiger charge is 2.26. The van der Waals surface area contributed by atoms with E-state index in [9.17, 15) is 18.0 Å². The van der Waals surface area contributed by atoms with Crippen molar-refractivity contribution in [3.05, 3.63) is 74.9 Å². The van der Waals surface area contributed by atoms with Crippen LogP contribution in [0.1, 0.15) is 20.0 Å². The van der Waals surface area contributed by atoms with Crippen molar-refractivity contribution in [1.29, 1.82) is 0 Å². The maximum absolute atomic E-state index is 12.8. The van der Waals surface area contributed by atoms with Crippen LogP contribution in [0, 0.1) is 0 Å². The summed E-state index contributed by atoms with van der Waals surface area (Å²) in [4.78, 5) is 24.3. The molecule has 0 radical (unpaired) electrons. The van der Waals surface area contributed by atoms with Gasteiger partial charge in [0, 0.05) is 10.2 Å². The van der Waals surface area contributed by atoms with E-state index >= 15 is 0 Å². The number of nitrogens with one attached hydrogen (secondary N) is 2. The number of ether oxygens (including phenoxy) is 1. The molecule has 0 bridgehead atoms. The second-order valence-corrected chi connectivity index (χ2v) is 9.20. The first-order chi connectivity index (χ1) is 13.8. The molecule has 2 aromatic carbocycles. The van der Waals surface area contributed by atoms with Crippen LogP contribution in [0.4, 0.5) is 11.4 Å².